The molecule has 0 unspecified atom stereocenters. The fourth-order valence-electron chi connectivity index (χ4n) is 3.55. The minimum Gasteiger partial charge on any atom is -0.316 e. The smallest absolute Gasteiger partial charge is 0.0676 e. The molecule has 3 heteroatoms. The molecule has 0 aromatic carbocycles. The molecular weight excluding hydrogens is 306 g/mol. The standard InChI is InChI=1S/C15H23N3.C5H10.C2H4/c1-2-5-15-13-8-10-16-11-9-14(13)17-18(15)12-6-3-4-7-12;1-3-5-4-2;1-2/h2,5,12,16H,3-4,6-11H2,1H3;3,5H,4H2,1-2H3;1-2H2/b5-2+;5-3-;. The number of hydrogen-bond donors (Lipinski definition) is 1. The zero-order chi connectivity index (χ0) is 18.5. The lowest BCUT2D eigenvalue weighted by atomic mass is 10.1. The first-order valence-electron chi connectivity index (χ1n) is 9.86. The van der Waals surface area contributed by atoms with Crippen LogP contribution in [0, 0.1) is 0 Å². The van der Waals surface area contributed by atoms with Crippen molar-refractivity contribution in [3.8, 4) is 0 Å². The van der Waals surface area contributed by atoms with Crippen molar-refractivity contribution < 1.29 is 0 Å². The fourth-order valence-corrected chi connectivity index (χ4v) is 3.55. The molecule has 1 saturated carbocycles. The third kappa shape index (κ3) is 6.32. The highest BCUT2D eigenvalue weighted by atomic mass is 15.3. The Labute approximate surface area is 154 Å². The largest absolute Gasteiger partial charge is 0.316 e. The van der Waals surface area contributed by atoms with Gasteiger partial charge < -0.3 is 5.32 Å². The topological polar surface area (TPSA) is 29.9 Å². The van der Waals surface area contributed by atoms with E-state index in [0.717, 1.165) is 32.4 Å². The molecule has 1 aromatic heterocycles. The Hall–Kier alpha value is -1.61. The molecule has 0 bridgehead atoms. The number of nitrogens with zero attached hydrogens (tertiary/aromatic N) is 2. The summed E-state index contributed by atoms with van der Waals surface area (Å²) in [6.45, 7) is 14.4. The Bertz CT molecular complexity index is 534. The van der Waals surface area contributed by atoms with Gasteiger partial charge >= 0.3 is 0 Å². The van der Waals surface area contributed by atoms with Gasteiger partial charge in [-0.3, -0.25) is 4.68 Å². The first kappa shape index (κ1) is 21.4. The Balaban J connectivity index is 0.000000388. The normalized spacial score (nSPS) is 17.6. The SMILES string of the molecule is C/C=C/c1c2c(nn1C1CCCC1)CCNCC2.C/C=C\CC.C=C. The Morgan fingerprint density at radius 2 is 1.80 bits per heavy atom. The third-order valence-electron chi connectivity index (χ3n) is 4.69. The summed E-state index contributed by atoms with van der Waals surface area (Å²) in [5.74, 6) is 0. The molecule has 140 valence electrons. The molecule has 25 heavy (non-hydrogen) atoms. The first-order chi connectivity index (χ1) is 12.3. The van der Waals surface area contributed by atoms with Gasteiger partial charge in [-0.15, -0.1) is 13.2 Å². The molecular formula is C22H37N3. The van der Waals surface area contributed by atoms with Crippen molar-refractivity contribution >= 4 is 6.08 Å². The summed E-state index contributed by atoms with van der Waals surface area (Å²) >= 11 is 0. The van der Waals surface area contributed by atoms with Gasteiger partial charge in [-0.25, -0.2) is 0 Å². The van der Waals surface area contributed by atoms with Crippen molar-refractivity contribution in [3.63, 3.8) is 0 Å². The van der Waals surface area contributed by atoms with E-state index in [1.165, 1.54) is 42.6 Å². The van der Waals surface area contributed by atoms with Crippen molar-refractivity contribution in [1.82, 2.24) is 15.1 Å². The van der Waals surface area contributed by atoms with Crippen LogP contribution in [0.25, 0.3) is 6.08 Å². The minimum atomic E-state index is 0.649. The molecule has 0 saturated heterocycles. The second-order valence-corrected chi connectivity index (χ2v) is 6.42. The molecule has 2 heterocycles. The summed E-state index contributed by atoms with van der Waals surface area (Å²) < 4.78 is 2.34. The zero-order valence-corrected chi connectivity index (χ0v) is 16.6. The number of fused-ring (bicyclic) bond motifs is 1. The van der Waals surface area contributed by atoms with Crippen LogP contribution in [0.15, 0.2) is 31.4 Å². The van der Waals surface area contributed by atoms with Gasteiger partial charge in [-0.05, 0) is 52.2 Å². The fraction of sp³-hybridized carbons (Fsp3) is 0.591. The van der Waals surface area contributed by atoms with Gasteiger partial charge in [0.2, 0.25) is 0 Å². The molecule has 0 atom stereocenters. The first-order valence-corrected chi connectivity index (χ1v) is 9.86. The van der Waals surface area contributed by atoms with Gasteiger partial charge in [0, 0.05) is 18.5 Å². The van der Waals surface area contributed by atoms with Gasteiger partial charge in [0.15, 0.2) is 0 Å². The molecule has 0 radical (unpaired) electrons. The number of hydrogen-bond acceptors (Lipinski definition) is 2. The maximum atomic E-state index is 4.94. The van der Waals surface area contributed by atoms with Gasteiger partial charge in [0.25, 0.3) is 0 Å². The number of nitrogens with one attached hydrogen (secondary N) is 1. The van der Waals surface area contributed by atoms with E-state index in [4.69, 9.17) is 5.10 Å². The molecule has 3 nitrogen and oxygen atoms in total. The second-order valence-electron chi connectivity index (χ2n) is 6.42. The van der Waals surface area contributed by atoms with E-state index in [0.29, 0.717) is 6.04 Å². The van der Waals surface area contributed by atoms with E-state index in [1.54, 1.807) is 0 Å². The predicted octanol–water partition coefficient (Wildman–Crippen LogP) is 5.49. The van der Waals surface area contributed by atoms with Gasteiger partial charge in [0.05, 0.1) is 17.4 Å². The molecule has 0 spiro atoms. The van der Waals surface area contributed by atoms with Crippen LogP contribution in [0.4, 0.5) is 0 Å². The number of aromatic nitrogens is 2. The molecule has 3 rings (SSSR count). The van der Waals surface area contributed by atoms with E-state index >= 15 is 0 Å². The van der Waals surface area contributed by atoms with Crippen molar-refractivity contribution in [2.24, 2.45) is 0 Å². The summed E-state index contributed by atoms with van der Waals surface area (Å²) in [4.78, 5) is 0. The highest BCUT2D eigenvalue weighted by Gasteiger charge is 2.24. The van der Waals surface area contributed by atoms with Gasteiger partial charge in [0.1, 0.15) is 0 Å². The minimum absolute atomic E-state index is 0.649. The molecule has 1 aromatic rings. The average Bonchev–Trinajstić information content (AvgIpc) is 3.22. The summed E-state index contributed by atoms with van der Waals surface area (Å²) in [6, 6.07) is 0.649. The molecule has 0 amide bonds. The van der Waals surface area contributed by atoms with Crippen LogP contribution in [-0.2, 0) is 12.8 Å². The Kier molecular flexibility index (Phi) is 10.9. The lowest BCUT2D eigenvalue weighted by Gasteiger charge is -2.13. The monoisotopic (exact) mass is 343 g/mol. The van der Waals surface area contributed by atoms with Crippen LogP contribution in [0.5, 0.6) is 0 Å². The highest BCUT2D eigenvalue weighted by Crippen LogP contribution is 2.32. The van der Waals surface area contributed by atoms with Crippen LogP contribution < -0.4 is 5.32 Å². The summed E-state index contributed by atoms with van der Waals surface area (Å²) in [5.41, 5.74) is 4.20. The summed E-state index contributed by atoms with van der Waals surface area (Å²) in [5, 5.41) is 8.40. The molecule has 1 aliphatic carbocycles. The van der Waals surface area contributed by atoms with Crippen LogP contribution in [-0.4, -0.2) is 22.9 Å². The van der Waals surface area contributed by atoms with Crippen LogP contribution in [0.3, 0.4) is 0 Å². The number of rotatable bonds is 3. The second kappa shape index (κ2) is 12.7. The lowest BCUT2D eigenvalue weighted by molar-refractivity contribution is 0.458. The maximum absolute atomic E-state index is 4.94. The van der Waals surface area contributed by atoms with Crippen LogP contribution >= 0.6 is 0 Å². The molecule has 2 aliphatic rings. The van der Waals surface area contributed by atoms with E-state index in [1.807, 2.05) is 6.92 Å². The van der Waals surface area contributed by atoms with Gasteiger partial charge in [-0.2, -0.15) is 5.10 Å². The number of allylic oxidation sites excluding steroid dienone is 3. The zero-order valence-electron chi connectivity index (χ0n) is 16.6. The Morgan fingerprint density at radius 3 is 2.36 bits per heavy atom. The van der Waals surface area contributed by atoms with E-state index < -0.39 is 0 Å². The summed E-state index contributed by atoms with van der Waals surface area (Å²) in [6.07, 6.45) is 17.3. The van der Waals surface area contributed by atoms with Crippen LogP contribution in [0.1, 0.15) is 75.9 Å². The van der Waals surface area contributed by atoms with E-state index in [9.17, 15) is 0 Å². The van der Waals surface area contributed by atoms with Crippen molar-refractivity contribution in [2.45, 2.75) is 71.8 Å². The van der Waals surface area contributed by atoms with Crippen molar-refractivity contribution in [3.05, 3.63) is 48.3 Å². The summed E-state index contributed by atoms with van der Waals surface area (Å²) in [7, 11) is 0. The van der Waals surface area contributed by atoms with Gasteiger partial charge in [-0.1, -0.05) is 38.0 Å². The Morgan fingerprint density at radius 1 is 1.12 bits per heavy atom. The molecule has 1 fully saturated rings. The van der Waals surface area contributed by atoms with Crippen LogP contribution in [0.2, 0.25) is 0 Å². The maximum Gasteiger partial charge on any atom is 0.0676 e. The molecule has 1 aliphatic heterocycles. The van der Waals surface area contributed by atoms with Crippen molar-refractivity contribution in [2.75, 3.05) is 13.1 Å². The van der Waals surface area contributed by atoms with E-state index in [2.05, 4.69) is 61.3 Å². The van der Waals surface area contributed by atoms with E-state index in [-0.39, 0.29) is 0 Å². The predicted molar refractivity (Wildman–Crippen MR) is 111 cm³/mol. The quantitative estimate of drug-likeness (QED) is 0.735. The molecule has 1 N–H and O–H groups in total. The third-order valence-corrected chi connectivity index (χ3v) is 4.69. The highest BCUT2D eigenvalue weighted by molar-refractivity contribution is 5.52. The average molecular weight is 344 g/mol. The lowest BCUT2D eigenvalue weighted by Crippen LogP contribution is -2.18. The van der Waals surface area contributed by atoms with Crippen molar-refractivity contribution in [1.29, 1.82) is 0 Å².